The van der Waals surface area contributed by atoms with Gasteiger partial charge in [0.15, 0.2) is 0 Å². The summed E-state index contributed by atoms with van der Waals surface area (Å²) in [6.07, 6.45) is 8.04. The zero-order chi connectivity index (χ0) is 17.9. The van der Waals surface area contributed by atoms with Gasteiger partial charge in [0.1, 0.15) is 11.6 Å². The fraction of sp³-hybridized carbons (Fsp3) is 0.650. The normalized spacial score (nSPS) is 19.4. The lowest BCUT2D eigenvalue weighted by Gasteiger charge is -2.31. The zero-order valence-electron chi connectivity index (χ0n) is 16.1. The van der Waals surface area contributed by atoms with Crippen LogP contribution in [-0.4, -0.2) is 50.8 Å². The van der Waals surface area contributed by atoms with Crippen LogP contribution in [0, 0.1) is 12.8 Å². The molecule has 2 aliphatic heterocycles. The van der Waals surface area contributed by atoms with Crippen LogP contribution in [0.5, 0.6) is 0 Å². The summed E-state index contributed by atoms with van der Waals surface area (Å²) in [5.41, 5.74) is 2.52. The molecule has 2 aromatic heterocycles. The van der Waals surface area contributed by atoms with Gasteiger partial charge in [-0.3, -0.25) is 9.58 Å². The fourth-order valence-corrected chi connectivity index (χ4v) is 4.25. The molecular weight excluding hydrogens is 324 g/mol. The fourth-order valence-electron chi connectivity index (χ4n) is 4.25. The van der Waals surface area contributed by atoms with Crippen molar-refractivity contribution in [2.45, 2.75) is 45.6 Å². The molecule has 0 aliphatic carbocycles. The SMILES string of the molecule is Cc1nc(CC2CCN(Cc3ccnn3C)CC2)cc(N2CCCC2)n1. The zero-order valence-corrected chi connectivity index (χ0v) is 16.1. The molecule has 2 aliphatic rings. The Labute approximate surface area is 156 Å². The monoisotopic (exact) mass is 354 g/mol. The van der Waals surface area contributed by atoms with Crippen molar-refractivity contribution in [3.63, 3.8) is 0 Å². The van der Waals surface area contributed by atoms with Gasteiger partial charge in [-0.05, 0) is 64.1 Å². The van der Waals surface area contributed by atoms with E-state index in [1.165, 1.54) is 50.2 Å². The van der Waals surface area contributed by atoms with E-state index in [2.05, 4.69) is 32.0 Å². The molecule has 4 rings (SSSR count). The van der Waals surface area contributed by atoms with Crippen molar-refractivity contribution in [2.24, 2.45) is 13.0 Å². The molecule has 0 saturated carbocycles. The molecule has 0 radical (unpaired) electrons. The first-order valence-corrected chi connectivity index (χ1v) is 9.96. The summed E-state index contributed by atoms with van der Waals surface area (Å²) in [5, 5.41) is 4.27. The quantitative estimate of drug-likeness (QED) is 0.826. The van der Waals surface area contributed by atoms with Gasteiger partial charge < -0.3 is 4.90 Å². The maximum Gasteiger partial charge on any atom is 0.132 e. The Morgan fingerprint density at radius 1 is 1.08 bits per heavy atom. The van der Waals surface area contributed by atoms with Gasteiger partial charge in [0.05, 0.1) is 5.69 Å². The van der Waals surface area contributed by atoms with Gasteiger partial charge in [-0.15, -0.1) is 0 Å². The first kappa shape index (κ1) is 17.5. The molecule has 26 heavy (non-hydrogen) atoms. The summed E-state index contributed by atoms with van der Waals surface area (Å²) in [6.45, 7) is 7.65. The number of aromatic nitrogens is 4. The van der Waals surface area contributed by atoms with E-state index >= 15 is 0 Å². The van der Waals surface area contributed by atoms with Crippen LogP contribution in [0.15, 0.2) is 18.3 Å². The second-order valence-electron chi connectivity index (χ2n) is 7.83. The van der Waals surface area contributed by atoms with Gasteiger partial charge in [0.25, 0.3) is 0 Å². The minimum atomic E-state index is 0.735. The molecule has 0 N–H and O–H groups in total. The van der Waals surface area contributed by atoms with E-state index < -0.39 is 0 Å². The van der Waals surface area contributed by atoms with Crippen molar-refractivity contribution in [2.75, 3.05) is 31.1 Å². The van der Waals surface area contributed by atoms with E-state index in [1.807, 2.05) is 24.9 Å². The number of rotatable bonds is 5. The summed E-state index contributed by atoms with van der Waals surface area (Å²) < 4.78 is 1.98. The number of piperidine rings is 1. The highest BCUT2D eigenvalue weighted by molar-refractivity contribution is 5.40. The molecule has 0 spiro atoms. The van der Waals surface area contributed by atoms with Crippen LogP contribution in [0.25, 0.3) is 0 Å². The highest BCUT2D eigenvalue weighted by Gasteiger charge is 2.22. The van der Waals surface area contributed by atoms with Crippen molar-refractivity contribution in [3.05, 3.63) is 35.5 Å². The van der Waals surface area contributed by atoms with Crippen LogP contribution in [0.2, 0.25) is 0 Å². The third-order valence-electron chi connectivity index (χ3n) is 5.82. The van der Waals surface area contributed by atoms with E-state index in [4.69, 9.17) is 4.98 Å². The molecule has 0 bridgehead atoms. The number of nitrogens with zero attached hydrogens (tertiary/aromatic N) is 6. The Morgan fingerprint density at radius 2 is 1.85 bits per heavy atom. The van der Waals surface area contributed by atoms with Crippen molar-refractivity contribution in [3.8, 4) is 0 Å². The highest BCUT2D eigenvalue weighted by atomic mass is 15.3. The van der Waals surface area contributed by atoms with Gasteiger partial charge >= 0.3 is 0 Å². The van der Waals surface area contributed by atoms with Crippen molar-refractivity contribution < 1.29 is 0 Å². The molecule has 4 heterocycles. The molecule has 6 nitrogen and oxygen atoms in total. The standard InChI is InChI=1S/C20H30N6/c1-16-22-18(14-20(23-16)26-9-3-4-10-26)13-17-6-11-25(12-7-17)15-19-5-8-21-24(19)2/h5,8,14,17H,3-4,6-7,9-13,15H2,1-2H3. The summed E-state index contributed by atoms with van der Waals surface area (Å²) in [5.74, 6) is 2.79. The first-order valence-electron chi connectivity index (χ1n) is 9.96. The van der Waals surface area contributed by atoms with Crippen LogP contribution in [0.1, 0.15) is 42.9 Å². The summed E-state index contributed by atoms with van der Waals surface area (Å²) in [6, 6.07) is 4.36. The van der Waals surface area contributed by atoms with E-state index in [0.29, 0.717) is 0 Å². The van der Waals surface area contributed by atoms with Gasteiger partial charge in [0, 0.05) is 44.6 Å². The Bertz CT molecular complexity index is 726. The summed E-state index contributed by atoms with van der Waals surface area (Å²) in [4.78, 5) is 14.4. The van der Waals surface area contributed by atoms with E-state index in [0.717, 1.165) is 43.6 Å². The average molecular weight is 355 g/mol. The highest BCUT2D eigenvalue weighted by Crippen LogP contribution is 2.24. The minimum Gasteiger partial charge on any atom is -0.357 e. The second kappa shape index (κ2) is 7.74. The predicted octanol–water partition coefficient (Wildman–Crippen LogP) is 2.57. The number of hydrogen-bond donors (Lipinski definition) is 0. The Balaban J connectivity index is 1.33. The van der Waals surface area contributed by atoms with Crippen LogP contribution in [-0.2, 0) is 20.0 Å². The summed E-state index contributed by atoms with van der Waals surface area (Å²) >= 11 is 0. The van der Waals surface area contributed by atoms with Crippen LogP contribution in [0.4, 0.5) is 5.82 Å². The van der Waals surface area contributed by atoms with Crippen molar-refractivity contribution in [1.29, 1.82) is 0 Å². The number of aryl methyl sites for hydroxylation is 2. The lowest BCUT2D eigenvalue weighted by molar-refractivity contribution is 0.173. The molecule has 0 amide bonds. The maximum absolute atomic E-state index is 4.73. The van der Waals surface area contributed by atoms with Gasteiger partial charge in [-0.25, -0.2) is 9.97 Å². The van der Waals surface area contributed by atoms with Crippen LogP contribution in [0.3, 0.4) is 0 Å². The number of likely N-dealkylation sites (tertiary alicyclic amines) is 1. The molecular formula is C20H30N6. The van der Waals surface area contributed by atoms with Crippen molar-refractivity contribution in [1.82, 2.24) is 24.6 Å². The lowest BCUT2D eigenvalue weighted by Crippen LogP contribution is -2.34. The molecule has 6 heteroatoms. The smallest absolute Gasteiger partial charge is 0.132 e. The molecule has 0 unspecified atom stereocenters. The minimum absolute atomic E-state index is 0.735. The molecule has 0 atom stereocenters. The van der Waals surface area contributed by atoms with Gasteiger partial charge in [-0.1, -0.05) is 0 Å². The molecule has 2 saturated heterocycles. The van der Waals surface area contributed by atoms with Gasteiger partial charge in [0.2, 0.25) is 0 Å². The third kappa shape index (κ3) is 4.06. The lowest BCUT2D eigenvalue weighted by atomic mass is 9.92. The Hall–Kier alpha value is -1.95. The van der Waals surface area contributed by atoms with E-state index in [1.54, 1.807) is 0 Å². The van der Waals surface area contributed by atoms with E-state index in [-0.39, 0.29) is 0 Å². The van der Waals surface area contributed by atoms with Crippen LogP contribution >= 0.6 is 0 Å². The Morgan fingerprint density at radius 3 is 2.54 bits per heavy atom. The van der Waals surface area contributed by atoms with Crippen molar-refractivity contribution >= 4 is 5.82 Å². The van der Waals surface area contributed by atoms with Crippen LogP contribution < -0.4 is 4.90 Å². The average Bonchev–Trinajstić information content (AvgIpc) is 3.29. The number of anilines is 1. The molecule has 2 aromatic rings. The molecule has 140 valence electrons. The summed E-state index contributed by atoms with van der Waals surface area (Å²) in [7, 11) is 2.03. The number of hydrogen-bond acceptors (Lipinski definition) is 5. The molecule has 2 fully saturated rings. The predicted molar refractivity (Wildman–Crippen MR) is 103 cm³/mol. The topological polar surface area (TPSA) is 50.1 Å². The maximum atomic E-state index is 4.73. The first-order chi connectivity index (χ1) is 12.7. The van der Waals surface area contributed by atoms with E-state index in [9.17, 15) is 0 Å². The van der Waals surface area contributed by atoms with Gasteiger partial charge in [-0.2, -0.15) is 5.10 Å². The molecule has 0 aromatic carbocycles. The second-order valence-corrected chi connectivity index (χ2v) is 7.83. The largest absolute Gasteiger partial charge is 0.357 e. The third-order valence-corrected chi connectivity index (χ3v) is 5.82. The Kier molecular flexibility index (Phi) is 5.20.